The summed E-state index contributed by atoms with van der Waals surface area (Å²) in [7, 11) is 3.25. The first-order valence-electron chi connectivity index (χ1n) is 12.5. The number of methoxy groups -OCH3 is 2. The zero-order chi connectivity index (χ0) is 24.9. The largest absolute Gasteiger partial charge is 0.493 e. The number of aliphatic hydroxyl groups is 1. The number of hydrogen-bond acceptors (Lipinski definition) is 5. The highest BCUT2D eigenvalue weighted by Gasteiger charge is 2.28. The van der Waals surface area contributed by atoms with E-state index in [1.165, 1.54) is 5.57 Å². The molecule has 2 aromatic rings. The van der Waals surface area contributed by atoms with Gasteiger partial charge in [0.15, 0.2) is 11.5 Å². The maximum absolute atomic E-state index is 11.0. The van der Waals surface area contributed by atoms with Crippen LogP contribution in [0.3, 0.4) is 0 Å². The number of para-hydroxylation sites is 2. The van der Waals surface area contributed by atoms with Gasteiger partial charge < -0.3 is 24.8 Å². The second-order valence-electron chi connectivity index (χ2n) is 8.88. The minimum absolute atomic E-state index is 0.228. The molecular formula is C30H40N2O3. The van der Waals surface area contributed by atoms with Gasteiger partial charge in [-0.1, -0.05) is 60.7 Å². The van der Waals surface area contributed by atoms with Crippen molar-refractivity contribution >= 4 is 5.69 Å². The molecule has 1 heterocycles. The standard InChI is InChI=1S/C30H40N2O3/c1-4-12-24(23-31-26-14-8-5-9-15-26)13-7-6-10-20-32-21-18-25(19-22-32)29(33)27-16-11-17-28(34-2)30(27)35-3/h4-9,11-17,25,29,31,33H,10,18-23H2,1-3H3/b7-6+,12-4-,24-13+. The lowest BCUT2D eigenvalue weighted by Crippen LogP contribution is -2.36. The average Bonchev–Trinajstić information content (AvgIpc) is 2.91. The van der Waals surface area contributed by atoms with Crippen LogP contribution in [-0.4, -0.2) is 50.4 Å². The van der Waals surface area contributed by atoms with Gasteiger partial charge in [0.1, 0.15) is 0 Å². The van der Waals surface area contributed by atoms with Gasteiger partial charge in [-0.25, -0.2) is 0 Å². The van der Waals surface area contributed by atoms with E-state index in [1.54, 1.807) is 14.2 Å². The summed E-state index contributed by atoms with van der Waals surface area (Å²) in [5.74, 6) is 1.53. The molecule has 1 aliphatic rings. The fraction of sp³-hybridized carbons (Fsp3) is 0.400. The quantitative estimate of drug-likeness (QED) is 0.368. The minimum Gasteiger partial charge on any atom is -0.493 e. The Morgan fingerprint density at radius 2 is 1.86 bits per heavy atom. The Balaban J connectivity index is 1.44. The van der Waals surface area contributed by atoms with Gasteiger partial charge in [0.05, 0.1) is 20.3 Å². The molecule has 0 saturated carbocycles. The van der Waals surface area contributed by atoms with E-state index >= 15 is 0 Å². The summed E-state index contributed by atoms with van der Waals surface area (Å²) >= 11 is 0. The topological polar surface area (TPSA) is 54.0 Å². The van der Waals surface area contributed by atoms with Gasteiger partial charge in [0, 0.05) is 24.3 Å². The first kappa shape index (κ1) is 26.6. The molecule has 1 atom stereocenters. The van der Waals surface area contributed by atoms with Crippen molar-refractivity contribution in [3.8, 4) is 11.5 Å². The molecule has 0 radical (unpaired) electrons. The van der Waals surface area contributed by atoms with Crippen molar-refractivity contribution in [3.63, 3.8) is 0 Å². The van der Waals surface area contributed by atoms with E-state index in [1.807, 2.05) is 43.3 Å². The summed E-state index contributed by atoms with van der Waals surface area (Å²) in [6.45, 7) is 5.89. The number of nitrogens with zero attached hydrogens (tertiary/aromatic N) is 1. The SMILES string of the molecule is C\C=C/C(=C\C=C\CCN1CCC(C(O)c2cccc(OC)c2OC)CC1)CNc1ccccc1. The van der Waals surface area contributed by atoms with E-state index in [9.17, 15) is 5.11 Å². The van der Waals surface area contributed by atoms with E-state index in [0.717, 1.165) is 56.7 Å². The molecule has 0 spiro atoms. The van der Waals surface area contributed by atoms with Crippen LogP contribution in [0.4, 0.5) is 5.69 Å². The summed E-state index contributed by atoms with van der Waals surface area (Å²) in [5, 5.41) is 14.5. The molecule has 5 nitrogen and oxygen atoms in total. The first-order valence-corrected chi connectivity index (χ1v) is 12.5. The van der Waals surface area contributed by atoms with E-state index in [0.29, 0.717) is 11.5 Å². The molecule has 1 fully saturated rings. The number of nitrogens with one attached hydrogen (secondary N) is 1. The van der Waals surface area contributed by atoms with Crippen LogP contribution in [0.15, 0.2) is 84.5 Å². The van der Waals surface area contributed by atoms with Crippen LogP contribution in [0.25, 0.3) is 0 Å². The molecule has 35 heavy (non-hydrogen) atoms. The Hall–Kier alpha value is -3.02. The van der Waals surface area contributed by atoms with Gasteiger partial charge in [-0.2, -0.15) is 0 Å². The normalized spacial score (nSPS) is 16.6. The fourth-order valence-corrected chi connectivity index (χ4v) is 4.58. The van der Waals surface area contributed by atoms with Crippen LogP contribution in [0.1, 0.15) is 37.9 Å². The van der Waals surface area contributed by atoms with Crippen LogP contribution >= 0.6 is 0 Å². The molecule has 0 aliphatic carbocycles. The Kier molecular flexibility index (Phi) is 10.9. The van der Waals surface area contributed by atoms with Gasteiger partial charge in [0.25, 0.3) is 0 Å². The molecule has 0 amide bonds. The lowest BCUT2D eigenvalue weighted by atomic mass is 9.87. The molecule has 1 aliphatic heterocycles. The maximum atomic E-state index is 11.0. The van der Waals surface area contributed by atoms with Crippen molar-refractivity contribution in [2.75, 3.05) is 45.7 Å². The third-order valence-electron chi connectivity index (χ3n) is 6.54. The zero-order valence-electron chi connectivity index (χ0n) is 21.3. The molecular weight excluding hydrogens is 436 g/mol. The van der Waals surface area contributed by atoms with Crippen LogP contribution in [0.2, 0.25) is 0 Å². The predicted molar refractivity (Wildman–Crippen MR) is 145 cm³/mol. The Bertz CT molecular complexity index is 976. The number of likely N-dealkylation sites (tertiary alicyclic amines) is 1. The van der Waals surface area contributed by atoms with Gasteiger partial charge in [-0.3, -0.25) is 0 Å². The number of hydrogen-bond donors (Lipinski definition) is 2. The number of anilines is 1. The minimum atomic E-state index is -0.540. The fourth-order valence-electron chi connectivity index (χ4n) is 4.58. The lowest BCUT2D eigenvalue weighted by Gasteiger charge is -2.34. The van der Waals surface area contributed by atoms with E-state index in [2.05, 4.69) is 52.7 Å². The first-order chi connectivity index (χ1) is 17.2. The summed E-state index contributed by atoms with van der Waals surface area (Å²) < 4.78 is 10.9. The summed E-state index contributed by atoms with van der Waals surface area (Å²) in [5.41, 5.74) is 3.19. The predicted octanol–water partition coefficient (Wildman–Crippen LogP) is 6.01. The lowest BCUT2D eigenvalue weighted by molar-refractivity contribution is 0.0574. The Morgan fingerprint density at radius 1 is 1.09 bits per heavy atom. The van der Waals surface area contributed by atoms with E-state index in [-0.39, 0.29) is 5.92 Å². The van der Waals surface area contributed by atoms with Gasteiger partial charge in [0.2, 0.25) is 0 Å². The summed E-state index contributed by atoms with van der Waals surface area (Å²) in [6, 6.07) is 16.0. The van der Waals surface area contributed by atoms with Crippen molar-refractivity contribution < 1.29 is 14.6 Å². The number of rotatable bonds is 12. The van der Waals surface area contributed by atoms with Crippen LogP contribution in [0.5, 0.6) is 11.5 Å². The Morgan fingerprint density at radius 3 is 2.54 bits per heavy atom. The summed E-state index contributed by atoms with van der Waals surface area (Å²) in [6.07, 6.45) is 13.2. The molecule has 188 valence electrons. The molecule has 0 bridgehead atoms. The van der Waals surface area contributed by atoms with Crippen LogP contribution in [-0.2, 0) is 0 Å². The molecule has 2 aromatic carbocycles. The number of piperidine rings is 1. The monoisotopic (exact) mass is 476 g/mol. The highest BCUT2D eigenvalue weighted by Crippen LogP contribution is 2.39. The van der Waals surface area contributed by atoms with E-state index < -0.39 is 6.10 Å². The van der Waals surface area contributed by atoms with E-state index in [4.69, 9.17) is 9.47 Å². The van der Waals surface area contributed by atoms with Crippen molar-refractivity contribution in [2.24, 2.45) is 5.92 Å². The Labute approximate surface area is 210 Å². The second-order valence-corrected chi connectivity index (χ2v) is 8.88. The van der Waals surface area contributed by atoms with Crippen molar-refractivity contribution in [1.82, 2.24) is 4.90 Å². The van der Waals surface area contributed by atoms with Crippen molar-refractivity contribution in [1.29, 1.82) is 0 Å². The van der Waals surface area contributed by atoms with Crippen LogP contribution < -0.4 is 14.8 Å². The third-order valence-corrected chi connectivity index (χ3v) is 6.54. The zero-order valence-corrected chi connectivity index (χ0v) is 21.3. The second kappa shape index (κ2) is 14.4. The smallest absolute Gasteiger partial charge is 0.166 e. The summed E-state index contributed by atoms with van der Waals surface area (Å²) in [4.78, 5) is 2.49. The average molecular weight is 477 g/mol. The molecule has 3 rings (SSSR count). The molecule has 5 heteroatoms. The van der Waals surface area contributed by atoms with Crippen molar-refractivity contribution in [2.45, 2.75) is 32.3 Å². The van der Waals surface area contributed by atoms with Gasteiger partial charge in [-0.15, -0.1) is 0 Å². The van der Waals surface area contributed by atoms with Gasteiger partial charge >= 0.3 is 0 Å². The maximum Gasteiger partial charge on any atom is 0.166 e. The number of aliphatic hydroxyl groups excluding tert-OH is 1. The molecule has 2 N–H and O–H groups in total. The highest BCUT2D eigenvalue weighted by molar-refractivity contribution is 5.48. The number of ether oxygens (including phenoxy) is 2. The number of allylic oxidation sites excluding steroid dienone is 3. The molecule has 1 saturated heterocycles. The van der Waals surface area contributed by atoms with Crippen LogP contribution in [0, 0.1) is 5.92 Å². The van der Waals surface area contributed by atoms with Gasteiger partial charge in [-0.05, 0) is 69.0 Å². The molecule has 1 unspecified atom stereocenters. The third kappa shape index (κ3) is 8.01. The van der Waals surface area contributed by atoms with Crippen molar-refractivity contribution in [3.05, 3.63) is 90.0 Å². The molecule has 0 aromatic heterocycles. The number of benzene rings is 2. The highest BCUT2D eigenvalue weighted by atomic mass is 16.5.